The Bertz CT molecular complexity index is 960. The van der Waals surface area contributed by atoms with Crippen LogP contribution < -0.4 is 9.80 Å². The van der Waals surface area contributed by atoms with Crippen LogP contribution in [0.25, 0.3) is 0 Å². The van der Waals surface area contributed by atoms with E-state index in [9.17, 15) is 19.5 Å². The maximum atomic E-state index is 11.7. The van der Waals surface area contributed by atoms with Crippen LogP contribution in [-0.2, 0) is 4.79 Å². The number of carboxylic acid groups (broad SMARTS) is 1. The Labute approximate surface area is 206 Å². The minimum atomic E-state index is -0.778. The van der Waals surface area contributed by atoms with Gasteiger partial charge in [0, 0.05) is 74.9 Å². The number of hydrogen-bond acceptors (Lipinski definition) is 7. The summed E-state index contributed by atoms with van der Waals surface area (Å²) in [5, 5.41) is 9.62. The van der Waals surface area contributed by atoms with Crippen molar-refractivity contribution >= 4 is 28.9 Å². The van der Waals surface area contributed by atoms with E-state index in [4.69, 9.17) is 0 Å². The fourth-order valence-electron chi connectivity index (χ4n) is 5.02. The lowest BCUT2D eigenvalue weighted by molar-refractivity contribution is -0.140. The predicted octanol–water partition coefficient (Wildman–Crippen LogP) is 2.84. The van der Waals surface area contributed by atoms with Crippen LogP contribution >= 0.6 is 0 Å². The van der Waals surface area contributed by atoms with Gasteiger partial charge in [-0.25, -0.2) is 0 Å². The highest BCUT2D eigenvalue weighted by molar-refractivity contribution is 5.94. The molecule has 186 valence electrons. The van der Waals surface area contributed by atoms with Crippen LogP contribution in [0.3, 0.4) is 0 Å². The smallest absolute Gasteiger partial charge is 0.306 e. The van der Waals surface area contributed by atoms with Gasteiger partial charge in [-0.2, -0.15) is 0 Å². The van der Waals surface area contributed by atoms with Gasteiger partial charge in [0.1, 0.15) is 0 Å². The molecule has 8 nitrogen and oxygen atoms in total. The van der Waals surface area contributed by atoms with Gasteiger partial charge in [0.2, 0.25) is 0 Å². The van der Waals surface area contributed by atoms with Gasteiger partial charge in [0.25, 0.3) is 0 Å². The van der Waals surface area contributed by atoms with E-state index >= 15 is 0 Å². The summed E-state index contributed by atoms with van der Waals surface area (Å²) in [7, 11) is 0. The van der Waals surface area contributed by atoms with Crippen molar-refractivity contribution < 1.29 is 19.5 Å². The second-order valence-electron chi connectivity index (χ2n) is 9.33. The first-order chi connectivity index (χ1) is 16.8. The van der Waals surface area contributed by atoms with E-state index in [-0.39, 0.29) is 24.2 Å². The second-order valence-corrected chi connectivity index (χ2v) is 9.33. The number of ketones is 2. The summed E-state index contributed by atoms with van der Waals surface area (Å²) in [4.78, 5) is 44.0. The highest BCUT2D eigenvalue weighted by Gasteiger charge is 2.32. The number of rotatable bonds is 8. The molecule has 4 rings (SSSR count). The number of aliphatic carboxylic acids is 1. The molecule has 8 heteroatoms. The number of Topliss-reactive ketones (excluding diaryl/α,β-unsaturated/α-hetero) is 2. The molecule has 2 heterocycles. The summed E-state index contributed by atoms with van der Waals surface area (Å²) in [5.74, 6) is -0.656. The molecule has 0 aromatic heterocycles. The first kappa shape index (κ1) is 24.9. The Morgan fingerprint density at radius 1 is 0.657 bits per heavy atom. The number of carbonyl (C=O) groups excluding carboxylic acids is 2. The molecule has 0 bridgehead atoms. The van der Waals surface area contributed by atoms with Gasteiger partial charge < -0.3 is 14.9 Å². The highest BCUT2D eigenvalue weighted by Crippen LogP contribution is 2.23. The van der Waals surface area contributed by atoms with Crippen molar-refractivity contribution in [2.24, 2.45) is 0 Å². The molecule has 2 aliphatic rings. The molecule has 2 saturated heterocycles. The number of benzene rings is 2. The zero-order valence-electron chi connectivity index (χ0n) is 20.5. The SMILES string of the molecule is CC(=O)c1ccc(N2CCN(C(CC(=O)O)N3CCN(c4ccc(C(C)=O)cc4)CC3)CC2)cc1. The molecule has 0 aliphatic carbocycles. The monoisotopic (exact) mass is 478 g/mol. The normalized spacial score (nSPS) is 17.6. The summed E-state index contributed by atoms with van der Waals surface area (Å²) in [5.41, 5.74) is 3.60. The van der Waals surface area contributed by atoms with Gasteiger partial charge in [-0.1, -0.05) is 0 Å². The maximum Gasteiger partial charge on any atom is 0.306 e. The van der Waals surface area contributed by atoms with Crippen LogP contribution in [0.2, 0.25) is 0 Å². The fourth-order valence-corrected chi connectivity index (χ4v) is 5.02. The van der Waals surface area contributed by atoms with E-state index in [0.717, 1.165) is 63.7 Å². The Morgan fingerprint density at radius 2 is 1.00 bits per heavy atom. The molecule has 0 spiro atoms. The Morgan fingerprint density at radius 3 is 1.29 bits per heavy atom. The van der Waals surface area contributed by atoms with E-state index in [0.29, 0.717) is 11.1 Å². The lowest BCUT2D eigenvalue weighted by Gasteiger charge is -2.46. The van der Waals surface area contributed by atoms with Crippen molar-refractivity contribution in [1.82, 2.24) is 9.80 Å². The second kappa shape index (κ2) is 11.0. The quantitative estimate of drug-likeness (QED) is 0.580. The largest absolute Gasteiger partial charge is 0.481 e. The molecular formula is C27H34N4O4. The molecule has 0 atom stereocenters. The third-order valence-corrected chi connectivity index (χ3v) is 7.11. The zero-order valence-corrected chi connectivity index (χ0v) is 20.5. The number of hydrogen-bond donors (Lipinski definition) is 1. The number of carboxylic acids is 1. The first-order valence-corrected chi connectivity index (χ1v) is 12.2. The van der Waals surface area contributed by atoms with Gasteiger partial charge in [-0.3, -0.25) is 24.2 Å². The number of carbonyl (C=O) groups is 3. The van der Waals surface area contributed by atoms with Crippen molar-refractivity contribution in [3.8, 4) is 0 Å². The lowest BCUT2D eigenvalue weighted by atomic mass is 10.1. The average molecular weight is 479 g/mol. The third kappa shape index (κ3) is 6.07. The van der Waals surface area contributed by atoms with Crippen LogP contribution in [0.15, 0.2) is 48.5 Å². The summed E-state index contributed by atoms with van der Waals surface area (Å²) in [6.45, 7) is 9.57. The predicted molar refractivity (Wildman–Crippen MR) is 137 cm³/mol. The Balaban J connectivity index is 1.35. The number of piperazine rings is 2. The Hall–Kier alpha value is -3.23. The van der Waals surface area contributed by atoms with Gasteiger partial charge >= 0.3 is 5.97 Å². The van der Waals surface area contributed by atoms with Crippen LogP contribution in [0.1, 0.15) is 41.0 Å². The minimum Gasteiger partial charge on any atom is -0.481 e. The maximum absolute atomic E-state index is 11.7. The van der Waals surface area contributed by atoms with E-state index in [1.165, 1.54) is 0 Å². The average Bonchev–Trinajstić information content (AvgIpc) is 2.87. The molecule has 2 aliphatic heterocycles. The van der Waals surface area contributed by atoms with E-state index < -0.39 is 5.97 Å². The van der Waals surface area contributed by atoms with Gasteiger partial charge in [-0.05, 0) is 62.4 Å². The third-order valence-electron chi connectivity index (χ3n) is 7.11. The van der Waals surface area contributed by atoms with Crippen molar-refractivity contribution in [1.29, 1.82) is 0 Å². The molecule has 2 aromatic rings. The molecule has 2 fully saturated rings. The van der Waals surface area contributed by atoms with Crippen molar-refractivity contribution in [2.45, 2.75) is 26.4 Å². The first-order valence-electron chi connectivity index (χ1n) is 12.2. The van der Waals surface area contributed by atoms with Crippen LogP contribution in [0.5, 0.6) is 0 Å². The zero-order chi connectivity index (χ0) is 24.9. The van der Waals surface area contributed by atoms with Crippen LogP contribution in [0, 0.1) is 0 Å². The standard InChI is InChI=1S/C27H34N4O4/c1-20(32)22-3-7-24(8-4-22)28-11-15-30(16-12-28)26(19-27(34)35)31-17-13-29(14-18-31)25-9-5-23(6-10-25)21(2)33/h3-10,26H,11-19H2,1-2H3,(H,34,35). The molecule has 0 amide bonds. The molecule has 0 unspecified atom stereocenters. The highest BCUT2D eigenvalue weighted by atomic mass is 16.4. The molecule has 35 heavy (non-hydrogen) atoms. The minimum absolute atomic E-state index is 0.0612. The molecule has 1 N–H and O–H groups in total. The van der Waals surface area contributed by atoms with Crippen molar-refractivity contribution in [3.05, 3.63) is 59.7 Å². The van der Waals surface area contributed by atoms with Gasteiger partial charge in [0.15, 0.2) is 11.6 Å². The summed E-state index contributed by atoms with van der Waals surface area (Å²) in [6.07, 6.45) is -0.0300. The topological polar surface area (TPSA) is 84.4 Å². The molecular weight excluding hydrogens is 444 g/mol. The number of nitrogens with zero attached hydrogens (tertiary/aromatic N) is 4. The van der Waals surface area contributed by atoms with Crippen LogP contribution in [-0.4, -0.2) is 91.0 Å². The Kier molecular flexibility index (Phi) is 7.83. The molecule has 2 aromatic carbocycles. The fraction of sp³-hybridized carbons (Fsp3) is 0.444. The summed E-state index contributed by atoms with van der Waals surface area (Å²) < 4.78 is 0. The number of anilines is 2. The van der Waals surface area contributed by atoms with Crippen molar-refractivity contribution in [2.75, 3.05) is 62.2 Å². The van der Waals surface area contributed by atoms with Gasteiger partial charge in [0.05, 0.1) is 12.6 Å². The lowest BCUT2D eigenvalue weighted by Crippen LogP contribution is -2.60. The van der Waals surface area contributed by atoms with E-state index in [1.807, 2.05) is 48.5 Å². The van der Waals surface area contributed by atoms with E-state index in [1.54, 1.807) is 13.8 Å². The molecule has 0 saturated carbocycles. The van der Waals surface area contributed by atoms with Gasteiger partial charge in [-0.15, -0.1) is 0 Å². The van der Waals surface area contributed by atoms with Crippen molar-refractivity contribution in [3.63, 3.8) is 0 Å². The summed E-state index contributed by atoms with van der Waals surface area (Å²) in [6, 6.07) is 15.4. The van der Waals surface area contributed by atoms with E-state index in [2.05, 4.69) is 19.6 Å². The van der Waals surface area contributed by atoms with Crippen LogP contribution in [0.4, 0.5) is 11.4 Å². The molecule has 0 radical (unpaired) electrons. The summed E-state index contributed by atoms with van der Waals surface area (Å²) >= 11 is 0.